The van der Waals surface area contributed by atoms with Crippen LogP contribution >= 0.6 is 0 Å². The molecule has 0 radical (unpaired) electrons. The Labute approximate surface area is 46.5 Å². The van der Waals surface area contributed by atoms with Crippen LogP contribution in [-0.4, -0.2) is 12.6 Å². The number of carboxylic acid groups (broad SMARTS) is 1. The second-order valence-electron chi connectivity index (χ2n) is 1.05. The van der Waals surface area contributed by atoms with Crippen molar-refractivity contribution >= 4 is 5.97 Å². The van der Waals surface area contributed by atoms with E-state index in [0.29, 0.717) is 0 Å². The van der Waals surface area contributed by atoms with Gasteiger partial charge in [0.15, 0.2) is 0 Å². The molecule has 0 aliphatic heterocycles. The molecule has 0 atom stereocenters. The number of carbonyl (C=O) groups is 1. The first kappa shape index (κ1) is 7.13. The van der Waals surface area contributed by atoms with Gasteiger partial charge in [0.2, 0.25) is 0 Å². The van der Waals surface area contributed by atoms with Crippen molar-refractivity contribution in [3.63, 3.8) is 0 Å². The molecule has 0 unspecified atom stereocenters. The zero-order valence-electron chi connectivity index (χ0n) is 4.16. The molecule has 0 fully saturated rings. The Morgan fingerprint density at radius 3 is 2.88 bits per heavy atom. The Hall–Kier alpha value is -0.870. The lowest BCUT2D eigenvalue weighted by Gasteiger charge is -1.88. The molecule has 4 heteroatoms. The van der Waals surface area contributed by atoms with Gasteiger partial charge in [0, 0.05) is 0 Å². The summed E-state index contributed by atoms with van der Waals surface area (Å²) in [6.07, 6.45) is 2.10. The molecule has 0 rings (SSSR count). The largest absolute Gasteiger partial charge is 0.545 e. The van der Waals surface area contributed by atoms with E-state index < -0.39 is 5.97 Å². The van der Waals surface area contributed by atoms with E-state index >= 15 is 0 Å². The minimum Gasteiger partial charge on any atom is -0.545 e. The average molecular weight is 116 g/mol. The summed E-state index contributed by atoms with van der Waals surface area (Å²) < 4.78 is 0. The van der Waals surface area contributed by atoms with Gasteiger partial charge in [0.05, 0.1) is 12.6 Å². The normalized spacial score (nSPS) is 10.1. The first-order valence-corrected chi connectivity index (χ1v) is 1.96. The van der Waals surface area contributed by atoms with Gasteiger partial charge in [0.1, 0.15) is 0 Å². The van der Waals surface area contributed by atoms with Crippen LogP contribution in [0.3, 0.4) is 0 Å². The molecule has 0 aromatic heterocycles. The molecule has 0 aromatic rings. The molecule has 0 spiro atoms. The van der Waals surface area contributed by atoms with Crippen molar-refractivity contribution in [2.45, 2.75) is 0 Å². The van der Waals surface area contributed by atoms with Crippen LogP contribution in [0.1, 0.15) is 0 Å². The standard InChI is InChI=1S/C4H7NO3/c5-8-3-1-2-4(6)7/h1-2H,3,5H2,(H,6,7)/p-1/b2-1+. The van der Waals surface area contributed by atoms with Gasteiger partial charge >= 0.3 is 0 Å². The highest BCUT2D eigenvalue weighted by molar-refractivity contribution is 5.77. The minimum atomic E-state index is -1.25. The number of aliphatic carboxylic acids is 1. The van der Waals surface area contributed by atoms with E-state index in [9.17, 15) is 9.90 Å². The SMILES string of the molecule is NOC/C=C/C(=O)[O-]. The van der Waals surface area contributed by atoms with Crippen molar-refractivity contribution in [2.75, 3.05) is 6.61 Å². The highest BCUT2D eigenvalue weighted by Gasteiger charge is 1.71. The number of rotatable bonds is 3. The van der Waals surface area contributed by atoms with Gasteiger partial charge in [-0.05, 0) is 6.08 Å². The average Bonchev–Trinajstić information content (AvgIpc) is 1.66. The fourth-order valence-corrected chi connectivity index (χ4v) is 0.200. The van der Waals surface area contributed by atoms with E-state index in [1.165, 1.54) is 6.08 Å². The molecule has 0 saturated carbocycles. The first-order chi connectivity index (χ1) is 3.77. The quantitative estimate of drug-likeness (QED) is 0.348. The molecule has 0 amide bonds. The monoisotopic (exact) mass is 116 g/mol. The summed E-state index contributed by atoms with van der Waals surface area (Å²) in [5.74, 6) is 3.30. The van der Waals surface area contributed by atoms with Gasteiger partial charge in [0.25, 0.3) is 0 Å². The lowest BCUT2D eigenvalue weighted by molar-refractivity contribution is -0.297. The number of carbonyl (C=O) groups excluding carboxylic acids is 1. The summed E-state index contributed by atoms with van der Waals surface area (Å²) in [5, 5.41) is 9.58. The van der Waals surface area contributed by atoms with Crippen molar-refractivity contribution in [3.8, 4) is 0 Å². The van der Waals surface area contributed by atoms with Crippen molar-refractivity contribution in [1.82, 2.24) is 0 Å². The lowest BCUT2D eigenvalue weighted by atomic mass is 10.5. The molecular formula is C4H6NO3-. The van der Waals surface area contributed by atoms with Crippen molar-refractivity contribution in [3.05, 3.63) is 12.2 Å². The molecule has 0 bridgehead atoms. The summed E-state index contributed by atoms with van der Waals surface area (Å²) >= 11 is 0. The molecule has 4 nitrogen and oxygen atoms in total. The summed E-state index contributed by atoms with van der Waals surface area (Å²) in [4.78, 5) is 13.6. The van der Waals surface area contributed by atoms with Crippen LogP contribution in [0.15, 0.2) is 12.2 Å². The maximum Gasteiger partial charge on any atom is 0.0864 e. The maximum atomic E-state index is 9.58. The zero-order valence-corrected chi connectivity index (χ0v) is 4.16. The molecule has 0 aliphatic rings. The molecule has 0 aromatic carbocycles. The second kappa shape index (κ2) is 4.29. The minimum absolute atomic E-state index is 0.0913. The fourth-order valence-electron chi connectivity index (χ4n) is 0.200. The third kappa shape index (κ3) is 5.13. The van der Waals surface area contributed by atoms with Gasteiger partial charge < -0.3 is 14.7 Å². The Kier molecular flexibility index (Phi) is 3.83. The lowest BCUT2D eigenvalue weighted by Crippen LogP contribution is -2.18. The van der Waals surface area contributed by atoms with E-state index in [0.717, 1.165) is 6.08 Å². The summed E-state index contributed by atoms with van der Waals surface area (Å²) in [6.45, 7) is 0.0913. The molecule has 0 aliphatic carbocycles. The highest BCUT2D eigenvalue weighted by Crippen LogP contribution is 1.68. The third-order valence-electron chi connectivity index (χ3n) is 0.446. The second-order valence-corrected chi connectivity index (χ2v) is 1.05. The van der Waals surface area contributed by atoms with E-state index in [2.05, 4.69) is 10.7 Å². The van der Waals surface area contributed by atoms with Crippen molar-refractivity contribution < 1.29 is 14.7 Å². The van der Waals surface area contributed by atoms with Gasteiger partial charge in [-0.25, -0.2) is 5.90 Å². The molecule has 0 heterocycles. The van der Waals surface area contributed by atoms with E-state index in [-0.39, 0.29) is 6.61 Å². The summed E-state index contributed by atoms with van der Waals surface area (Å²) in [7, 11) is 0. The van der Waals surface area contributed by atoms with E-state index in [1.807, 2.05) is 0 Å². The Morgan fingerprint density at radius 2 is 2.50 bits per heavy atom. The van der Waals surface area contributed by atoms with Gasteiger partial charge in [-0.1, -0.05) is 6.08 Å². The van der Waals surface area contributed by atoms with Gasteiger partial charge in [-0.3, -0.25) is 0 Å². The summed E-state index contributed by atoms with van der Waals surface area (Å²) in [5.41, 5.74) is 0. The molecule has 0 saturated heterocycles. The number of nitrogens with two attached hydrogens (primary N) is 1. The van der Waals surface area contributed by atoms with Crippen LogP contribution in [0.5, 0.6) is 0 Å². The van der Waals surface area contributed by atoms with Crippen LogP contribution in [-0.2, 0) is 9.63 Å². The topological polar surface area (TPSA) is 75.4 Å². The number of hydrogen-bond donors (Lipinski definition) is 1. The number of carboxylic acids is 1. The third-order valence-corrected chi connectivity index (χ3v) is 0.446. The number of hydrogen-bond acceptors (Lipinski definition) is 4. The first-order valence-electron chi connectivity index (χ1n) is 1.96. The Bertz CT molecular complexity index is 99.5. The smallest absolute Gasteiger partial charge is 0.0864 e. The van der Waals surface area contributed by atoms with E-state index in [4.69, 9.17) is 0 Å². The van der Waals surface area contributed by atoms with Crippen LogP contribution in [0.2, 0.25) is 0 Å². The molecule has 46 valence electrons. The summed E-state index contributed by atoms with van der Waals surface area (Å²) in [6, 6.07) is 0. The van der Waals surface area contributed by atoms with E-state index in [1.54, 1.807) is 0 Å². The zero-order chi connectivity index (χ0) is 6.41. The maximum absolute atomic E-state index is 9.58. The van der Waals surface area contributed by atoms with Crippen LogP contribution in [0, 0.1) is 0 Å². The van der Waals surface area contributed by atoms with Crippen LogP contribution < -0.4 is 11.0 Å². The van der Waals surface area contributed by atoms with Gasteiger partial charge in [-0.15, -0.1) is 0 Å². The molecular weight excluding hydrogens is 110 g/mol. The van der Waals surface area contributed by atoms with Crippen molar-refractivity contribution in [2.24, 2.45) is 5.90 Å². The van der Waals surface area contributed by atoms with Crippen LogP contribution in [0.25, 0.3) is 0 Å². The predicted molar refractivity (Wildman–Crippen MR) is 24.3 cm³/mol. The predicted octanol–water partition coefficient (Wildman–Crippen LogP) is -1.82. The Balaban J connectivity index is 3.20. The van der Waals surface area contributed by atoms with Crippen LogP contribution in [0.4, 0.5) is 0 Å². The Morgan fingerprint density at radius 1 is 1.88 bits per heavy atom. The fraction of sp³-hybridized carbons (Fsp3) is 0.250. The molecule has 2 N–H and O–H groups in total. The molecule has 8 heavy (non-hydrogen) atoms. The van der Waals surface area contributed by atoms with Gasteiger partial charge in [-0.2, -0.15) is 0 Å². The highest BCUT2D eigenvalue weighted by atomic mass is 16.6. The van der Waals surface area contributed by atoms with Crippen molar-refractivity contribution in [1.29, 1.82) is 0 Å².